The number of aliphatic hydroxyl groups is 1. The maximum atomic E-state index is 10.6. The maximum Gasteiger partial charge on any atom is 0.165 e. The molecule has 0 unspecified atom stereocenters. The van der Waals surface area contributed by atoms with Gasteiger partial charge in [0.25, 0.3) is 0 Å². The van der Waals surface area contributed by atoms with E-state index < -0.39 is 6.10 Å². The van der Waals surface area contributed by atoms with Crippen molar-refractivity contribution in [1.82, 2.24) is 19.5 Å². The second kappa shape index (κ2) is 6.00. The second-order valence-corrected chi connectivity index (χ2v) is 7.77. The fraction of sp³-hybridized carbons (Fsp3) is 0.400. The molecule has 1 aliphatic heterocycles. The SMILES string of the molecule is O[C@H]1C[C@@H](n2cnc3c(NC4CC4)ncnc32)[C@@H]2C(c3ccccc3)=NO[C@@H]21. The summed E-state index contributed by atoms with van der Waals surface area (Å²) >= 11 is 0. The van der Waals surface area contributed by atoms with Crippen molar-refractivity contribution in [2.75, 3.05) is 5.32 Å². The number of nitrogens with zero attached hydrogens (tertiary/aromatic N) is 5. The third-order valence-corrected chi connectivity index (χ3v) is 5.92. The lowest BCUT2D eigenvalue weighted by molar-refractivity contribution is -0.0104. The molecule has 0 radical (unpaired) electrons. The summed E-state index contributed by atoms with van der Waals surface area (Å²) < 4.78 is 2.05. The Kier molecular flexibility index (Phi) is 3.43. The van der Waals surface area contributed by atoms with E-state index in [1.165, 1.54) is 12.8 Å². The second-order valence-electron chi connectivity index (χ2n) is 7.77. The standard InChI is InChI=1S/C20H20N6O2/c27-14-8-13(15-16(25-28-18(14)15)11-4-2-1-3-5-11)26-10-23-17-19(24-12-6-7-12)21-9-22-20(17)26/h1-5,9-10,12-15,18,27H,6-8H2,(H,21,22,24)/t13-,14+,15-,18-/m1/s1. The van der Waals surface area contributed by atoms with Crippen molar-refractivity contribution >= 4 is 22.7 Å². The van der Waals surface area contributed by atoms with E-state index in [9.17, 15) is 5.11 Å². The summed E-state index contributed by atoms with van der Waals surface area (Å²) in [7, 11) is 0. The molecule has 3 aromatic rings. The number of hydrogen-bond acceptors (Lipinski definition) is 7. The molecule has 8 nitrogen and oxygen atoms in total. The Morgan fingerprint density at radius 2 is 1.96 bits per heavy atom. The lowest BCUT2D eigenvalue weighted by atomic mass is 9.91. The summed E-state index contributed by atoms with van der Waals surface area (Å²) in [6, 6.07) is 10.5. The Balaban J connectivity index is 1.41. The van der Waals surface area contributed by atoms with Gasteiger partial charge < -0.3 is 19.8 Å². The summed E-state index contributed by atoms with van der Waals surface area (Å²) in [5, 5.41) is 18.4. The van der Waals surface area contributed by atoms with Crippen LogP contribution >= 0.6 is 0 Å². The van der Waals surface area contributed by atoms with Gasteiger partial charge in [-0.05, 0) is 24.8 Å². The zero-order chi connectivity index (χ0) is 18.7. The first-order valence-corrected chi connectivity index (χ1v) is 9.71. The first-order valence-electron chi connectivity index (χ1n) is 9.71. The van der Waals surface area contributed by atoms with Gasteiger partial charge in [0, 0.05) is 6.04 Å². The molecule has 2 N–H and O–H groups in total. The molecular formula is C20H20N6O2. The Morgan fingerprint density at radius 3 is 2.79 bits per heavy atom. The van der Waals surface area contributed by atoms with E-state index in [2.05, 4.69) is 30.0 Å². The Labute approximate surface area is 161 Å². The fourth-order valence-electron chi connectivity index (χ4n) is 4.40. The number of rotatable bonds is 4. The maximum absolute atomic E-state index is 10.6. The van der Waals surface area contributed by atoms with Crippen LogP contribution in [0.15, 0.2) is 48.1 Å². The molecule has 3 aliphatic rings. The molecule has 1 aromatic carbocycles. The molecule has 0 amide bonds. The lowest BCUT2D eigenvalue weighted by Gasteiger charge is -2.20. The molecule has 6 rings (SSSR count). The number of anilines is 1. The molecule has 0 saturated heterocycles. The van der Waals surface area contributed by atoms with Crippen molar-refractivity contribution in [2.24, 2.45) is 11.1 Å². The summed E-state index contributed by atoms with van der Waals surface area (Å²) in [5.41, 5.74) is 3.43. The van der Waals surface area contributed by atoms with Gasteiger partial charge in [-0.25, -0.2) is 15.0 Å². The minimum atomic E-state index is -0.580. The van der Waals surface area contributed by atoms with Crippen LogP contribution in [0.5, 0.6) is 0 Å². The zero-order valence-electron chi connectivity index (χ0n) is 15.1. The number of oxime groups is 1. The zero-order valence-corrected chi connectivity index (χ0v) is 15.1. The lowest BCUT2D eigenvalue weighted by Crippen LogP contribution is -2.29. The van der Waals surface area contributed by atoms with Crippen molar-refractivity contribution < 1.29 is 9.94 Å². The van der Waals surface area contributed by atoms with Crippen LogP contribution in [-0.4, -0.2) is 48.6 Å². The molecule has 4 atom stereocenters. The van der Waals surface area contributed by atoms with Gasteiger partial charge in [-0.15, -0.1) is 0 Å². The van der Waals surface area contributed by atoms with Gasteiger partial charge in [-0.1, -0.05) is 35.5 Å². The predicted octanol–water partition coefficient (Wildman–Crippen LogP) is 2.13. The number of fused-ring (bicyclic) bond motifs is 2. The largest absolute Gasteiger partial charge is 0.389 e. The van der Waals surface area contributed by atoms with Gasteiger partial charge in [0.15, 0.2) is 17.6 Å². The van der Waals surface area contributed by atoms with Gasteiger partial charge in [0.2, 0.25) is 0 Å². The van der Waals surface area contributed by atoms with Crippen molar-refractivity contribution in [1.29, 1.82) is 0 Å². The molecular weight excluding hydrogens is 356 g/mol. The highest BCUT2D eigenvalue weighted by atomic mass is 16.7. The Hall–Kier alpha value is -3.00. The van der Waals surface area contributed by atoms with Gasteiger partial charge in [-0.2, -0.15) is 0 Å². The summed E-state index contributed by atoms with van der Waals surface area (Å²) in [5.74, 6) is 0.727. The fourth-order valence-corrected chi connectivity index (χ4v) is 4.40. The van der Waals surface area contributed by atoms with Crippen molar-refractivity contribution in [3.05, 3.63) is 48.5 Å². The molecule has 2 aliphatic carbocycles. The molecule has 8 heteroatoms. The average molecular weight is 376 g/mol. The summed E-state index contributed by atoms with van der Waals surface area (Å²) in [4.78, 5) is 19.1. The highest BCUT2D eigenvalue weighted by molar-refractivity contribution is 6.03. The first-order chi connectivity index (χ1) is 13.8. The molecule has 0 spiro atoms. The van der Waals surface area contributed by atoms with E-state index in [1.807, 2.05) is 30.3 Å². The van der Waals surface area contributed by atoms with Crippen LogP contribution in [-0.2, 0) is 4.84 Å². The van der Waals surface area contributed by atoms with Crippen LogP contribution in [0.25, 0.3) is 11.2 Å². The topological polar surface area (TPSA) is 97.5 Å². The minimum Gasteiger partial charge on any atom is -0.389 e. The van der Waals surface area contributed by atoms with Crippen LogP contribution < -0.4 is 5.32 Å². The number of aliphatic hydroxyl groups excluding tert-OH is 1. The number of nitrogens with one attached hydrogen (secondary N) is 1. The van der Waals surface area contributed by atoms with Gasteiger partial charge in [0.05, 0.1) is 30.1 Å². The van der Waals surface area contributed by atoms with Crippen molar-refractivity contribution in [2.45, 2.75) is 43.6 Å². The summed E-state index contributed by atoms with van der Waals surface area (Å²) in [6.45, 7) is 0. The smallest absolute Gasteiger partial charge is 0.165 e. The van der Waals surface area contributed by atoms with Crippen LogP contribution in [0.1, 0.15) is 30.9 Å². The van der Waals surface area contributed by atoms with E-state index in [0.717, 1.165) is 28.3 Å². The van der Waals surface area contributed by atoms with E-state index in [-0.39, 0.29) is 18.1 Å². The van der Waals surface area contributed by atoms with Crippen LogP contribution in [0, 0.1) is 5.92 Å². The number of aromatic nitrogens is 4. The number of hydrogen-bond donors (Lipinski definition) is 2. The van der Waals surface area contributed by atoms with Gasteiger partial charge >= 0.3 is 0 Å². The van der Waals surface area contributed by atoms with Crippen LogP contribution in [0.2, 0.25) is 0 Å². The third kappa shape index (κ3) is 2.41. The molecule has 142 valence electrons. The van der Waals surface area contributed by atoms with Gasteiger partial charge in [0.1, 0.15) is 11.8 Å². The highest BCUT2D eigenvalue weighted by Gasteiger charge is 2.52. The monoisotopic (exact) mass is 376 g/mol. The highest BCUT2D eigenvalue weighted by Crippen LogP contribution is 2.44. The molecule has 3 heterocycles. The molecule has 2 fully saturated rings. The Morgan fingerprint density at radius 1 is 1.11 bits per heavy atom. The molecule has 28 heavy (non-hydrogen) atoms. The van der Waals surface area contributed by atoms with E-state index in [4.69, 9.17) is 4.84 Å². The summed E-state index contributed by atoms with van der Waals surface area (Å²) in [6.07, 6.45) is 5.36. The molecule has 0 bridgehead atoms. The molecule has 2 aromatic heterocycles. The van der Waals surface area contributed by atoms with Crippen LogP contribution in [0.4, 0.5) is 5.82 Å². The number of benzene rings is 1. The quantitative estimate of drug-likeness (QED) is 0.724. The first kappa shape index (κ1) is 16.0. The predicted molar refractivity (Wildman–Crippen MR) is 103 cm³/mol. The Bertz CT molecular complexity index is 1060. The van der Waals surface area contributed by atoms with E-state index >= 15 is 0 Å². The molecule has 2 saturated carbocycles. The minimum absolute atomic E-state index is 0.0323. The van der Waals surface area contributed by atoms with Gasteiger partial charge in [-0.3, -0.25) is 0 Å². The normalized spacial score (nSPS) is 28.8. The third-order valence-electron chi connectivity index (χ3n) is 5.92. The number of imidazole rings is 1. The average Bonchev–Trinajstić information content (AvgIpc) is 3.15. The van der Waals surface area contributed by atoms with E-state index in [0.29, 0.717) is 12.5 Å². The van der Waals surface area contributed by atoms with Crippen LogP contribution in [0.3, 0.4) is 0 Å². The van der Waals surface area contributed by atoms with E-state index in [1.54, 1.807) is 12.7 Å². The van der Waals surface area contributed by atoms with Crippen molar-refractivity contribution in [3.8, 4) is 0 Å². The van der Waals surface area contributed by atoms with Crippen molar-refractivity contribution in [3.63, 3.8) is 0 Å².